The molecule has 0 aliphatic rings. The molecular formula is C8H12N2S. The highest BCUT2D eigenvalue weighted by atomic mass is 32.1. The Morgan fingerprint density at radius 1 is 1.55 bits per heavy atom. The summed E-state index contributed by atoms with van der Waals surface area (Å²) in [5, 5.41) is 0.227. The Bertz CT molecular complexity index is 201. The molecule has 0 saturated heterocycles. The Labute approximate surface area is 72.2 Å². The first kappa shape index (κ1) is 8.56. The number of hydrogen-bond donors (Lipinski definition) is 2. The predicted molar refractivity (Wildman–Crippen MR) is 49.8 cm³/mol. The van der Waals surface area contributed by atoms with Crippen LogP contribution >= 0.6 is 12.6 Å². The van der Waals surface area contributed by atoms with Crippen LogP contribution in [0.3, 0.4) is 0 Å². The van der Waals surface area contributed by atoms with Crippen molar-refractivity contribution in [1.29, 1.82) is 0 Å². The molecule has 2 N–H and O–H groups in total. The third kappa shape index (κ3) is 2.91. The number of hydrogen-bond acceptors (Lipinski definition) is 3. The van der Waals surface area contributed by atoms with Gasteiger partial charge in [-0.05, 0) is 12.1 Å². The highest BCUT2D eigenvalue weighted by Crippen LogP contribution is 2.02. The van der Waals surface area contributed by atoms with E-state index in [0.717, 1.165) is 12.1 Å². The van der Waals surface area contributed by atoms with Crippen molar-refractivity contribution in [3.05, 3.63) is 30.1 Å². The van der Waals surface area contributed by atoms with Gasteiger partial charge in [-0.1, -0.05) is 6.07 Å². The van der Waals surface area contributed by atoms with Crippen LogP contribution < -0.4 is 5.73 Å². The maximum absolute atomic E-state index is 5.42. The molecule has 0 aromatic carbocycles. The molecule has 0 spiro atoms. The molecule has 1 heterocycles. The SMILES string of the molecule is NCC(S)Cc1ccccn1. The lowest BCUT2D eigenvalue weighted by Gasteiger charge is -2.05. The van der Waals surface area contributed by atoms with E-state index in [1.165, 1.54) is 0 Å². The molecule has 0 saturated carbocycles. The number of thiol groups is 1. The van der Waals surface area contributed by atoms with Crippen molar-refractivity contribution in [2.24, 2.45) is 5.73 Å². The first-order valence-corrected chi connectivity index (χ1v) is 4.12. The molecule has 0 aliphatic carbocycles. The maximum Gasteiger partial charge on any atom is 0.0415 e. The van der Waals surface area contributed by atoms with Gasteiger partial charge in [-0.15, -0.1) is 0 Å². The van der Waals surface area contributed by atoms with E-state index in [1.54, 1.807) is 6.20 Å². The predicted octanol–water partition coefficient (Wildman–Crippen LogP) is 0.881. The van der Waals surface area contributed by atoms with E-state index in [-0.39, 0.29) is 5.25 Å². The normalized spacial score (nSPS) is 12.9. The average molecular weight is 168 g/mol. The van der Waals surface area contributed by atoms with Crippen LogP contribution in [0.5, 0.6) is 0 Å². The standard InChI is InChI=1S/C8H12N2S/c9-6-8(11)5-7-3-1-2-4-10-7/h1-4,8,11H,5-6,9H2. The minimum atomic E-state index is 0.227. The van der Waals surface area contributed by atoms with Gasteiger partial charge in [-0.25, -0.2) is 0 Å². The zero-order valence-electron chi connectivity index (χ0n) is 6.27. The molecule has 1 rings (SSSR count). The van der Waals surface area contributed by atoms with Gasteiger partial charge < -0.3 is 5.73 Å². The van der Waals surface area contributed by atoms with E-state index in [4.69, 9.17) is 5.73 Å². The van der Waals surface area contributed by atoms with Gasteiger partial charge >= 0.3 is 0 Å². The topological polar surface area (TPSA) is 38.9 Å². The summed E-state index contributed by atoms with van der Waals surface area (Å²) in [6, 6.07) is 5.86. The summed E-state index contributed by atoms with van der Waals surface area (Å²) in [4.78, 5) is 4.16. The van der Waals surface area contributed by atoms with Gasteiger partial charge in [0.05, 0.1) is 0 Å². The summed E-state index contributed by atoms with van der Waals surface area (Å²) in [6.07, 6.45) is 2.63. The quantitative estimate of drug-likeness (QED) is 0.658. The van der Waals surface area contributed by atoms with Crippen molar-refractivity contribution in [1.82, 2.24) is 4.98 Å². The fraction of sp³-hybridized carbons (Fsp3) is 0.375. The third-order valence-corrected chi connectivity index (χ3v) is 1.84. The third-order valence-electron chi connectivity index (χ3n) is 1.44. The Hall–Kier alpha value is -0.540. The summed E-state index contributed by atoms with van der Waals surface area (Å²) >= 11 is 4.28. The summed E-state index contributed by atoms with van der Waals surface area (Å²) in [6.45, 7) is 0.597. The maximum atomic E-state index is 5.42. The van der Waals surface area contributed by atoms with Crippen molar-refractivity contribution < 1.29 is 0 Å². The van der Waals surface area contributed by atoms with E-state index in [9.17, 15) is 0 Å². The van der Waals surface area contributed by atoms with E-state index in [2.05, 4.69) is 17.6 Å². The second kappa shape index (κ2) is 4.36. The molecule has 1 atom stereocenters. The summed E-state index contributed by atoms with van der Waals surface area (Å²) in [5.41, 5.74) is 6.47. The molecule has 1 aromatic heterocycles. The zero-order valence-corrected chi connectivity index (χ0v) is 7.17. The molecule has 0 bridgehead atoms. The Morgan fingerprint density at radius 3 is 2.91 bits per heavy atom. The van der Waals surface area contributed by atoms with Gasteiger partial charge in [-0.3, -0.25) is 4.98 Å². The fourth-order valence-electron chi connectivity index (χ4n) is 0.844. The van der Waals surface area contributed by atoms with Gasteiger partial charge in [0, 0.05) is 30.1 Å². The lowest BCUT2D eigenvalue weighted by molar-refractivity contribution is 0.835. The second-order valence-corrected chi connectivity index (χ2v) is 3.15. The summed E-state index contributed by atoms with van der Waals surface area (Å²) < 4.78 is 0. The minimum Gasteiger partial charge on any atom is -0.329 e. The molecule has 0 amide bonds. The summed E-state index contributed by atoms with van der Waals surface area (Å²) in [7, 11) is 0. The van der Waals surface area contributed by atoms with Gasteiger partial charge in [0.2, 0.25) is 0 Å². The van der Waals surface area contributed by atoms with Crippen LogP contribution in [-0.2, 0) is 6.42 Å². The Balaban J connectivity index is 2.51. The van der Waals surface area contributed by atoms with Crippen molar-refractivity contribution in [3.8, 4) is 0 Å². The fourth-order valence-corrected chi connectivity index (χ4v) is 1.03. The van der Waals surface area contributed by atoms with Crippen LogP contribution in [0.4, 0.5) is 0 Å². The molecule has 0 fully saturated rings. The van der Waals surface area contributed by atoms with E-state index in [0.29, 0.717) is 6.54 Å². The Morgan fingerprint density at radius 2 is 2.36 bits per heavy atom. The molecule has 0 aliphatic heterocycles. The molecule has 11 heavy (non-hydrogen) atoms. The van der Waals surface area contributed by atoms with Crippen molar-refractivity contribution in [2.45, 2.75) is 11.7 Å². The minimum absolute atomic E-state index is 0.227. The highest BCUT2D eigenvalue weighted by Gasteiger charge is 2.01. The first-order chi connectivity index (χ1) is 5.33. The molecular weight excluding hydrogens is 156 g/mol. The summed E-state index contributed by atoms with van der Waals surface area (Å²) in [5.74, 6) is 0. The van der Waals surface area contributed by atoms with Gasteiger partial charge in [-0.2, -0.15) is 12.6 Å². The van der Waals surface area contributed by atoms with Crippen LogP contribution in [0.1, 0.15) is 5.69 Å². The van der Waals surface area contributed by atoms with E-state index >= 15 is 0 Å². The molecule has 1 unspecified atom stereocenters. The van der Waals surface area contributed by atoms with Crippen LogP contribution in [0.15, 0.2) is 24.4 Å². The number of nitrogens with zero attached hydrogens (tertiary/aromatic N) is 1. The van der Waals surface area contributed by atoms with Gasteiger partial charge in [0.25, 0.3) is 0 Å². The number of rotatable bonds is 3. The molecule has 60 valence electrons. The second-order valence-electron chi connectivity index (χ2n) is 2.41. The Kier molecular flexibility index (Phi) is 3.39. The average Bonchev–Trinajstić information content (AvgIpc) is 2.06. The number of nitrogens with two attached hydrogens (primary N) is 1. The highest BCUT2D eigenvalue weighted by molar-refractivity contribution is 7.81. The first-order valence-electron chi connectivity index (χ1n) is 3.61. The largest absolute Gasteiger partial charge is 0.329 e. The van der Waals surface area contributed by atoms with Crippen LogP contribution in [-0.4, -0.2) is 16.8 Å². The van der Waals surface area contributed by atoms with E-state index in [1.807, 2.05) is 18.2 Å². The van der Waals surface area contributed by atoms with Crippen molar-refractivity contribution in [2.75, 3.05) is 6.54 Å². The molecule has 0 radical (unpaired) electrons. The number of pyridine rings is 1. The molecule has 1 aromatic rings. The van der Waals surface area contributed by atoms with Crippen molar-refractivity contribution >= 4 is 12.6 Å². The lowest BCUT2D eigenvalue weighted by Crippen LogP contribution is -2.17. The lowest BCUT2D eigenvalue weighted by atomic mass is 10.2. The van der Waals surface area contributed by atoms with Gasteiger partial charge in [0.15, 0.2) is 0 Å². The van der Waals surface area contributed by atoms with Crippen LogP contribution in [0.25, 0.3) is 0 Å². The van der Waals surface area contributed by atoms with Crippen LogP contribution in [0, 0.1) is 0 Å². The monoisotopic (exact) mass is 168 g/mol. The smallest absolute Gasteiger partial charge is 0.0415 e. The zero-order chi connectivity index (χ0) is 8.10. The van der Waals surface area contributed by atoms with E-state index < -0.39 is 0 Å². The number of aromatic nitrogens is 1. The van der Waals surface area contributed by atoms with Crippen LogP contribution in [0.2, 0.25) is 0 Å². The molecule has 2 nitrogen and oxygen atoms in total. The van der Waals surface area contributed by atoms with Gasteiger partial charge in [0.1, 0.15) is 0 Å². The van der Waals surface area contributed by atoms with Crippen molar-refractivity contribution in [3.63, 3.8) is 0 Å². The molecule has 3 heteroatoms.